The van der Waals surface area contributed by atoms with Gasteiger partial charge in [-0.25, -0.2) is 4.79 Å². The SMILES string of the molecule is CNCCC(c1ccccc1)n1c(=O)n(C2CCCCC2)c2ccccc21. The van der Waals surface area contributed by atoms with E-state index in [1.807, 2.05) is 23.7 Å². The van der Waals surface area contributed by atoms with Crippen molar-refractivity contribution in [2.75, 3.05) is 13.6 Å². The average Bonchev–Trinajstić information content (AvgIpc) is 3.02. The lowest BCUT2D eigenvalue weighted by atomic mass is 9.95. The van der Waals surface area contributed by atoms with E-state index < -0.39 is 0 Å². The Balaban J connectivity index is 1.89. The summed E-state index contributed by atoms with van der Waals surface area (Å²) in [6.45, 7) is 0.870. The van der Waals surface area contributed by atoms with Crippen molar-refractivity contribution in [2.45, 2.75) is 50.6 Å². The molecule has 0 radical (unpaired) electrons. The Morgan fingerprint density at radius 3 is 2.33 bits per heavy atom. The first kappa shape index (κ1) is 18.1. The van der Waals surface area contributed by atoms with Crippen LogP contribution in [0.2, 0.25) is 0 Å². The Labute approximate surface area is 160 Å². The van der Waals surface area contributed by atoms with Crippen LogP contribution < -0.4 is 11.0 Å². The molecule has 1 unspecified atom stereocenters. The van der Waals surface area contributed by atoms with E-state index in [0.717, 1.165) is 36.8 Å². The molecule has 1 saturated carbocycles. The standard InChI is InChI=1S/C23H29N3O/c1-24-17-16-20(18-10-4-2-5-11-18)26-22-15-9-8-14-21(22)25(23(26)27)19-12-6-3-7-13-19/h2,4-5,8-11,14-15,19-20,24H,3,6-7,12-13,16-17H2,1H3. The van der Waals surface area contributed by atoms with Crippen molar-refractivity contribution in [3.63, 3.8) is 0 Å². The Morgan fingerprint density at radius 1 is 0.963 bits per heavy atom. The van der Waals surface area contributed by atoms with E-state index >= 15 is 0 Å². The van der Waals surface area contributed by atoms with Gasteiger partial charge in [-0.1, -0.05) is 61.7 Å². The second kappa shape index (κ2) is 8.13. The highest BCUT2D eigenvalue weighted by Gasteiger charge is 2.26. The highest BCUT2D eigenvalue weighted by atomic mass is 16.1. The van der Waals surface area contributed by atoms with Crippen molar-refractivity contribution in [3.8, 4) is 0 Å². The molecule has 0 aliphatic heterocycles. The molecule has 2 aromatic carbocycles. The molecule has 4 nitrogen and oxygen atoms in total. The first-order valence-corrected chi connectivity index (χ1v) is 10.2. The molecule has 1 fully saturated rings. The molecule has 0 bridgehead atoms. The summed E-state index contributed by atoms with van der Waals surface area (Å²) in [4.78, 5) is 13.7. The maximum absolute atomic E-state index is 13.7. The van der Waals surface area contributed by atoms with E-state index in [0.29, 0.717) is 6.04 Å². The molecular formula is C23H29N3O. The summed E-state index contributed by atoms with van der Waals surface area (Å²) in [6.07, 6.45) is 6.84. The van der Waals surface area contributed by atoms with Gasteiger partial charge in [-0.3, -0.25) is 9.13 Å². The molecule has 1 atom stereocenters. The zero-order valence-electron chi connectivity index (χ0n) is 16.1. The van der Waals surface area contributed by atoms with Crippen LogP contribution in [-0.4, -0.2) is 22.7 Å². The molecule has 4 rings (SSSR count). The van der Waals surface area contributed by atoms with Crippen molar-refractivity contribution in [3.05, 3.63) is 70.6 Å². The van der Waals surface area contributed by atoms with E-state index in [1.54, 1.807) is 0 Å². The van der Waals surface area contributed by atoms with E-state index in [4.69, 9.17) is 0 Å². The predicted octanol–water partition coefficient (Wildman–Crippen LogP) is 4.51. The fourth-order valence-electron chi connectivity index (χ4n) is 4.59. The van der Waals surface area contributed by atoms with Gasteiger partial charge in [0.1, 0.15) is 0 Å². The first-order chi connectivity index (χ1) is 13.3. The van der Waals surface area contributed by atoms with Crippen LogP contribution in [-0.2, 0) is 0 Å². The zero-order valence-corrected chi connectivity index (χ0v) is 16.1. The number of nitrogens with one attached hydrogen (secondary N) is 1. The predicted molar refractivity (Wildman–Crippen MR) is 111 cm³/mol. The minimum Gasteiger partial charge on any atom is -0.320 e. The van der Waals surface area contributed by atoms with Crippen molar-refractivity contribution in [1.82, 2.24) is 14.5 Å². The third-order valence-corrected chi connectivity index (χ3v) is 5.92. The smallest absolute Gasteiger partial charge is 0.320 e. The number of rotatable bonds is 6. The molecule has 1 N–H and O–H groups in total. The Bertz CT molecular complexity index is 935. The number of imidazole rings is 1. The summed E-state index contributed by atoms with van der Waals surface area (Å²) in [7, 11) is 1.97. The number of benzene rings is 2. The molecule has 1 heterocycles. The Kier molecular flexibility index (Phi) is 5.44. The molecule has 0 saturated heterocycles. The van der Waals surface area contributed by atoms with Gasteiger partial charge in [0.25, 0.3) is 0 Å². The number of hydrogen-bond acceptors (Lipinski definition) is 2. The third-order valence-electron chi connectivity index (χ3n) is 5.92. The van der Waals surface area contributed by atoms with E-state index in [-0.39, 0.29) is 11.7 Å². The van der Waals surface area contributed by atoms with Gasteiger partial charge in [0.05, 0.1) is 17.1 Å². The lowest BCUT2D eigenvalue weighted by Gasteiger charge is -2.23. The molecular weight excluding hydrogens is 334 g/mol. The topological polar surface area (TPSA) is 39.0 Å². The number of fused-ring (bicyclic) bond motifs is 1. The van der Waals surface area contributed by atoms with Crippen LogP contribution in [0.3, 0.4) is 0 Å². The zero-order chi connectivity index (χ0) is 18.6. The molecule has 4 heteroatoms. The van der Waals surface area contributed by atoms with Crippen LogP contribution in [0.5, 0.6) is 0 Å². The fourth-order valence-corrected chi connectivity index (χ4v) is 4.59. The number of aromatic nitrogens is 2. The van der Waals surface area contributed by atoms with Crippen molar-refractivity contribution < 1.29 is 0 Å². The maximum Gasteiger partial charge on any atom is 0.329 e. The molecule has 1 aliphatic carbocycles. The van der Waals surface area contributed by atoms with Gasteiger partial charge in [0, 0.05) is 6.04 Å². The fraction of sp³-hybridized carbons (Fsp3) is 0.435. The van der Waals surface area contributed by atoms with Crippen LogP contribution in [0, 0.1) is 0 Å². The van der Waals surface area contributed by atoms with Gasteiger partial charge >= 0.3 is 5.69 Å². The lowest BCUT2D eigenvalue weighted by molar-refractivity contribution is 0.347. The second-order valence-electron chi connectivity index (χ2n) is 7.62. The van der Waals surface area contributed by atoms with E-state index in [9.17, 15) is 4.79 Å². The number of para-hydroxylation sites is 2. The van der Waals surface area contributed by atoms with Crippen LogP contribution in [0.1, 0.15) is 56.2 Å². The molecule has 0 amide bonds. The van der Waals surface area contributed by atoms with Crippen LogP contribution in [0.4, 0.5) is 0 Å². The van der Waals surface area contributed by atoms with Crippen LogP contribution in [0.15, 0.2) is 59.4 Å². The monoisotopic (exact) mass is 363 g/mol. The van der Waals surface area contributed by atoms with Gasteiger partial charge in [0.15, 0.2) is 0 Å². The quantitative estimate of drug-likeness (QED) is 0.700. The molecule has 142 valence electrons. The van der Waals surface area contributed by atoms with Crippen molar-refractivity contribution >= 4 is 11.0 Å². The second-order valence-corrected chi connectivity index (χ2v) is 7.62. The van der Waals surface area contributed by atoms with Crippen LogP contribution in [0.25, 0.3) is 11.0 Å². The summed E-state index contributed by atoms with van der Waals surface area (Å²) in [6, 6.07) is 19.1. The van der Waals surface area contributed by atoms with Crippen LogP contribution >= 0.6 is 0 Å². The minimum atomic E-state index is 0.0425. The first-order valence-electron chi connectivity index (χ1n) is 10.2. The number of nitrogens with zero attached hydrogens (tertiary/aromatic N) is 2. The summed E-state index contributed by atoms with van der Waals surface area (Å²) >= 11 is 0. The average molecular weight is 364 g/mol. The van der Waals surface area contributed by atoms with E-state index in [2.05, 4.69) is 52.3 Å². The number of hydrogen-bond donors (Lipinski definition) is 1. The van der Waals surface area contributed by atoms with Gasteiger partial charge in [-0.05, 0) is 50.6 Å². The highest BCUT2D eigenvalue weighted by molar-refractivity contribution is 5.76. The summed E-state index contributed by atoms with van der Waals surface area (Å²) in [5, 5.41) is 3.25. The molecule has 0 spiro atoms. The molecule has 1 aromatic heterocycles. The molecule has 27 heavy (non-hydrogen) atoms. The summed E-state index contributed by atoms with van der Waals surface area (Å²) in [5.41, 5.74) is 3.48. The maximum atomic E-state index is 13.7. The molecule has 1 aliphatic rings. The summed E-state index contributed by atoms with van der Waals surface area (Å²) in [5.74, 6) is 0. The van der Waals surface area contributed by atoms with E-state index in [1.165, 1.54) is 24.8 Å². The lowest BCUT2D eigenvalue weighted by Crippen LogP contribution is -2.32. The third kappa shape index (κ3) is 3.46. The van der Waals surface area contributed by atoms with Gasteiger partial charge in [-0.2, -0.15) is 0 Å². The normalized spacial score (nSPS) is 16.6. The Hall–Kier alpha value is -2.33. The Morgan fingerprint density at radius 2 is 1.63 bits per heavy atom. The highest BCUT2D eigenvalue weighted by Crippen LogP contribution is 2.32. The van der Waals surface area contributed by atoms with Crippen molar-refractivity contribution in [1.29, 1.82) is 0 Å². The summed E-state index contributed by atoms with van der Waals surface area (Å²) < 4.78 is 4.13. The molecule has 3 aromatic rings. The van der Waals surface area contributed by atoms with Gasteiger partial charge in [0.2, 0.25) is 0 Å². The van der Waals surface area contributed by atoms with Gasteiger partial charge < -0.3 is 5.32 Å². The van der Waals surface area contributed by atoms with Gasteiger partial charge in [-0.15, -0.1) is 0 Å². The van der Waals surface area contributed by atoms with Crippen molar-refractivity contribution in [2.24, 2.45) is 0 Å². The largest absolute Gasteiger partial charge is 0.329 e. The minimum absolute atomic E-state index is 0.0425.